The molecule has 0 spiro atoms. The van der Waals surface area contributed by atoms with Crippen molar-refractivity contribution >= 4 is 32.8 Å². The molecule has 0 unspecified atom stereocenters. The molecule has 3 nitrogen and oxygen atoms in total. The van der Waals surface area contributed by atoms with Crippen LogP contribution >= 0.6 is 23.0 Å². The molecule has 0 aliphatic heterocycles. The summed E-state index contributed by atoms with van der Waals surface area (Å²) < 4.78 is 26.8. The third kappa shape index (κ3) is 2.34. The van der Waals surface area contributed by atoms with Gasteiger partial charge in [-0.25, -0.2) is 8.42 Å². The number of hydrogen-bond acceptors (Lipinski definition) is 3. The Morgan fingerprint density at radius 2 is 1.75 bits per heavy atom. The van der Waals surface area contributed by atoms with Crippen LogP contribution < -0.4 is 3.07 Å². The lowest BCUT2D eigenvalue weighted by molar-refractivity contribution is 0.601. The summed E-state index contributed by atoms with van der Waals surface area (Å²) in [5.74, 6) is 0.642. The lowest BCUT2D eigenvalue weighted by Gasteiger charge is -1.98. The zero-order valence-electron chi connectivity index (χ0n) is 6.32. The maximum Gasteiger partial charge on any atom is 0.192 e. The topological polar surface area (TPSA) is 43.4 Å². The van der Waals surface area contributed by atoms with Gasteiger partial charge in [0.15, 0.2) is 32.8 Å². The number of sulfone groups is 1. The van der Waals surface area contributed by atoms with Crippen molar-refractivity contribution < 1.29 is 11.5 Å². The molecule has 12 heavy (non-hydrogen) atoms. The molecule has 0 N–H and O–H groups in total. The molecular weight excluding hydrogens is 291 g/mol. The van der Waals surface area contributed by atoms with Gasteiger partial charge in [0.05, 0.1) is 4.90 Å². The van der Waals surface area contributed by atoms with E-state index in [1.165, 1.54) is 18.4 Å². The molecule has 1 rings (SSSR count). The number of benzene rings is 1. The highest BCUT2D eigenvalue weighted by molar-refractivity contribution is 14.1. The molecule has 0 atom stereocenters. The molecule has 0 radical (unpaired) electrons. The molecule has 1 aromatic carbocycles. The highest BCUT2D eigenvalue weighted by Gasteiger charge is 2.05. The Labute approximate surface area is 85.3 Å². The first-order valence-electron chi connectivity index (χ1n) is 3.13. The van der Waals surface area contributed by atoms with Crippen molar-refractivity contribution in [2.24, 2.45) is 0 Å². The quantitative estimate of drug-likeness (QED) is 0.782. The van der Waals surface area contributed by atoms with Gasteiger partial charge >= 0.3 is 0 Å². The van der Waals surface area contributed by atoms with E-state index < -0.39 is 9.84 Å². The number of halogens is 1. The van der Waals surface area contributed by atoms with Crippen LogP contribution in [0.5, 0.6) is 5.75 Å². The van der Waals surface area contributed by atoms with Crippen molar-refractivity contribution in [3.8, 4) is 5.75 Å². The maximum atomic E-state index is 11.0. The second-order valence-electron chi connectivity index (χ2n) is 2.32. The number of hydrogen-bond donors (Lipinski definition) is 0. The Balaban J connectivity index is 3.09. The minimum atomic E-state index is -3.09. The smallest absolute Gasteiger partial charge is 0.192 e. The predicted octanol–water partition coefficient (Wildman–Crippen LogP) is 1.82. The molecule has 0 fully saturated rings. The number of rotatable bonds is 2. The van der Waals surface area contributed by atoms with Crippen LogP contribution in [0.4, 0.5) is 0 Å². The molecule has 0 saturated heterocycles. The van der Waals surface area contributed by atoms with Crippen molar-refractivity contribution in [2.45, 2.75) is 4.90 Å². The fourth-order valence-corrected chi connectivity index (χ4v) is 1.66. The van der Waals surface area contributed by atoms with Crippen molar-refractivity contribution in [3.05, 3.63) is 24.3 Å². The van der Waals surface area contributed by atoms with Crippen molar-refractivity contribution in [1.82, 2.24) is 0 Å². The third-order valence-electron chi connectivity index (χ3n) is 1.34. The first-order chi connectivity index (χ1) is 5.54. The van der Waals surface area contributed by atoms with E-state index in [0.717, 1.165) is 0 Å². The minimum Gasteiger partial charge on any atom is -0.428 e. The lowest BCUT2D eigenvalue weighted by Crippen LogP contribution is -1.95. The first kappa shape index (κ1) is 9.79. The second kappa shape index (κ2) is 3.61. The third-order valence-corrected chi connectivity index (χ3v) is 2.98. The van der Waals surface area contributed by atoms with Crippen LogP contribution in [0, 0.1) is 0 Å². The van der Waals surface area contributed by atoms with Crippen molar-refractivity contribution in [1.29, 1.82) is 0 Å². The summed E-state index contributed by atoms with van der Waals surface area (Å²) in [5.41, 5.74) is 0. The highest BCUT2D eigenvalue weighted by atomic mass is 127. The van der Waals surface area contributed by atoms with Crippen LogP contribution in [-0.4, -0.2) is 14.7 Å². The van der Waals surface area contributed by atoms with Gasteiger partial charge < -0.3 is 3.07 Å². The molecule has 0 amide bonds. The Hall–Kier alpha value is -0.300. The van der Waals surface area contributed by atoms with Gasteiger partial charge in [0.1, 0.15) is 5.75 Å². The van der Waals surface area contributed by atoms with Crippen LogP contribution in [0.3, 0.4) is 0 Å². The lowest BCUT2D eigenvalue weighted by atomic mass is 10.3. The maximum absolute atomic E-state index is 11.0. The first-order valence-corrected chi connectivity index (χ1v) is 5.90. The van der Waals surface area contributed by atoms with E-state index >= 15 is 0 Å². The van der Waals surface area contributed by atoms with Gasteiger partial charge in [-0.3, -0.25) is 0 Å². The molecule has 0 saturated carbocycles. The Bertz CT molecular complexity index is 355. The van der Waals surface area contributed by atoms with Crippen LogP contribution in [0.2, 0.25) is 0 Å². The molecular formula is C7H7IO3S. The average molecular weight is 298 g/mol. The molecule has 66 valence electrons. The van der Waals surface area contributed by atoms with Gasteiger partial charge in [0, 0.05) is 6.26 Å². The Morgan fingerprint density at radius 3 is 2.08 bits per heavy atom. The van der Waals surface area contributed by atoms with E-state index in [0.29, 0.717) is 10.6 Å². The molecule has 5 heteroatoms. The largest absolute Gasteiger partial charge is 0.428 e. The van der Waals surface area contributed by atoms with Gasteiger partial charge in [0.25, 0.3) is 0 Å². The second-order valence-corrected chi connectivity index (χ2v) is 4.78. The van der Waals surface area contributed by atoms with E-state index in [9.17, 15) is 8.42 Å². The summed E-state index contributed by atoms with van der Waals surface area (Å²) in [4.78, 5) is 0.305. The standard InChI is InChI=1S/C7H7IO3S/c1-12(9,10)7-4-2-6(11-8)3-5-7/h2-5H,1H3. The van der Waals surface area contributed by atoms with E-state index in [-0.39, 0.29) is 0 Å². The summed E-state index contributed by atoms with van der Waals surface area (Å²) in [5, 5.41) is 0. The Morgan fingerprint density at radius 1 is 1.25 bits per heavy atom. The van der Waals surface area contributed by atoms with Gasteiger partial charge in [0.2, 0.25) is 0 Å². The van der Waals surface area contributed by atoms with Crippen molar-refractivity contribution in [3.63, 3.8) is 0 Å². The Kier molecular flexibility index (Phi) is 2.94. The molecule has 0 bridgehead atoms. The van der Waals surface area contributed by atoms with Crippen molar-refractivity contribution in [2.75, 3.05) is 6.26 Å². The monoisotopic (exact) mass is 298 g/mol. The summed E-state index contributed by atoms with van der Waals surface area (Å²) in [6.07, 6.45) is 1.17. The van der Waals surface area contributed by atoms with Crippen LogP contribution in [0.25, 0.3) is 0 Å². The molecule has 0 aliphatic carbocycles. The van der Waals surface area contributed by atoms with Gasteiger partial charge in [-0.15, -0.1) is 0 Å². The van der Waals surface area contributed by atoms with Gasteiger partial charge in [-0.1, -0.05) is 0 Å². The minimum absolute atomic E-state index is 0.305. The van der Waals surface area contributed by atoms with Gasteiger partial charge in [-0.05, 0) is 24.3 Å². The fraction of sp³-hybridized carbons (Fsp3) is 0.143. The van der Waals surface area contributed by atoms with Crippen LogP contribution in [-0.2, 0) is 9.84 Å². The van der Waals surface area contributed by atoms with E-state index in [4.69, 9.17) is 3.07 Å². The van der Waals surface area contributed by atoms with Crippen LogP contribution in [0.1, 0.15) is 0 Å². The van der Waals surface area contributed by atoms with E-state index in [1.54, 1.807) is 35.1 Å². The predicted molar refractivity (Wildman–Crippen MR) is 54.2 cm³/mol. The summed E-state index contributed by atoms with van der Waals surface area (Å²) in [7, 11) is -3.09. The molecule has 1 aromatic rings. The zero-order valence-corrected chi connectivity index (χ0v) is 9.29. The van der Waals surface area contributed by atoms with E-state index in [1.807, 2.05) is 0 Å². The molecule has 0 aromatic heterocycles. The summed E-state index contributed by atoms with van der Waals surface area (Å²) in [6.45, 7) is 0. The molecule has 0 aliphatic rings. The zero-order chi connectivity index (χ0) is 9.19. The summed E-state index contributed by atoms with van der Waals surface area (Å²) >= 11 is 1.74. The SMILES string of the molecule is CS(=O)(=O)c1ccc(OI)cc1. The molecule has 0 heterocycles. The van der Waals surface area contributed by atoms with Crippen LogP contribution in [0.15, 0.2) is 29.2 Å². The fourth-order valence-electron chi connectivity index (χ4n) is 0.738. The normalized spacial score (nSPS) is 11.2. The average Bonchev–Trinajstić information content (AvgIpc) is 2.03. The summed E-state index contributed by atoms with van der Waals surface area (Å²) in [6, 6.07) is 6.26. The van der Waals surface area contributed by atoms with E-state index in [2.05, 4.69) is 0 Å². The highest BCUT2D eigenvalue weighted by Crippen LogP contribution is 2.16. The van der Waals surface area contributed by atoms with Gasteiger partial charge in [-0.2, -0.15) is 0 Å².